The van der Waals surface area contributed by atoms with Crippen molar-refractivity contribution in [2.24, 2.45) is 16.7 Å². The Morgan fingerprint density at radius 2 is 1.86 bits per heavy atom. The molecule has 0 aliphatic carbocycles. The van der Waals surface area contributed by atoms with Crippen LogP contribution in [0.25, 0.3) is 33.4 Å². The third-order valence-electron chi connectivity index (χ3n) is 13.7. The number of benzene rings is 1. The Morgan fingerprint density at radius 3 is 2.60 bits per heavy atom. The molecule has 2 N–H and O–H groups in total. The maximum atomic E-state index is 14.7. The molecule has 17 heteroatoms. The summed E-state index contributed by atoms with van der Waals surface area (Å²) in [5.41, 5.74) is 8.49. The largest absolute Gasteiger partial charge is 0.464 e. The SMILES string of the molecule is CCn1c(-c2cccnc2[C@H](C)OC)c2c3cc(ccc31)-c1csc(n1)C[C@H](NC(=O)C(C(C)C)N1CCC3(CCN(C(=O)OC)C3)C1=O)C(=O)N1CCC[C@H](N1)C(=O)OCC(C)(C)C2. The van der Waals surface area contributed by atoms with E-state index >= 15 is 0 Å². The maximum absolute atomic E-state index is 14.7. The Bertz CT molecular complexity index is 2480. The molecule has 65 heavy (non-hydrogen) atoms. The fourth-order valence-electron chi connectivity index (χ4n) is 10.3. The second kappa shape index (κ2) is 18.5. The summed E-state index contributed by atoms with van der Waals surface area (Å²) in [5.74, 6) is -1.79. The third-order valence-corrected chi connectivity index (χ3v) is 14.6. The van der Waals surface area contributed by atoms with Crippen molar-refractivity contribution in [3.8, 4) is 22.5 Å². The van der Waals surface area contributed by atoms with E-state index in [1.807, 2.05) is 32.2 Å². The molecule has 4 amide bonds. The van der Waals surface area contributed by atoms with E-state index in [2.05, 4.69) is 60.3 Å². The van der Waals surface area contributed by atoms with Crippen LogP contribution < -0.4 is 10.7 Å². The molecule has 16 nitrogen and oxygen atoms in total. The van der Waals surface area contributed by atoms with Crippen LogP contribution >= 0.6 is 11.3 Å². The van der Waals surface area contributed by atoms with Crippen LogP contribution in [0.1, 0.15) is 89.6 Å². The van der Waals surface area contributed by atoms with Crippen LogP contribution in [0.4, 0.5) is 4.79 Å². The zero-order valence-electron chi connectivity index (χ0n) is 38.8. The maximum Gasteiger partial charge on any atom is 0.409 e. The Balaban J connectivity index is 1.16. The van der Waals surface area contributed by atoms with E-state index in [1.165, 1.54) is 23.5 Å². The van der Waals surface area contributed by atoms with Gasteiger partial charge in [0.05, 0.1) is 47.3 Å². The zero-order valence-corrected chi connectivity index (χ0v) is 39.6. The Hall–Kier alpha value is -5.39. The minimum Gasteiger partial charge on any atom is -0.464 e. The predicted octanol–water partition coefficient (Wildman–Crippen LogP) is 5.92. The number of esters is 1. The number of likely N-dealkylation sites (tertiary alicyclic amines) is 2. The predicted molar refractivity (Wildman–Crippen MR) is 245 cm³/mol. The quantitative estimate of drug-likeness (QED) is 0.201. The lowest BCUT2D eigenvalue weighted by molar-refractivity contribution is -0.155. The number of carbonyl (C=O) groups is 5. The van der Waals surface area contributed by atoms with E-state index in [1.54, 1.807) is 23.1 Å². The van der Waals surface area contributed by atoms with Crippen molar-refractivity contribution in [3.05, 3.63) is 58.2 Å². The van der Waals surface area contributed by atoms with E-state index in [-0.39, 0.29) is 37.5 Å². The molecule has 3 fully saturated rings. The minimum atomic E-state index is -1.07. The number of methoxy groups -OCH3 is 2. The van der Waals surface area contributed by atoms with Gasteiger partial charge < -0.3 is 33.9 Å². The highest BCUT2D eigenvalue weighted by atomic mass is 32.1. The lowest BCUT2D eigenvalue weighted by atomic mass is 9.84. The number of nitrogens with zero attached hydrogens (tertiary/aromatic N) is 6. The lowest BCUT2D eigenvalue weighted by Gasteiger charge is -2.36. The number of carbonyl (C=O) groups excluding carboxylic acids is 5. The molecular weight excluding hydrogens is 849 g/mol. The molecule has 1 aromatic carbocycles. The van der Waals surface area contributed by atoms with Gasteiger partial charge in [-0.1, -0.05) is 33.8 Å². The van der Waals surface area contributed by atoms with E-state index in [9.17, 15) is 24.0 Å². The first kappa shape index (κ1) is 46.2. The fourth-order valence-corrected chi connectivity index (χ4v) is 11.1. The highest BCUT2D eigenvalue weighted by Gasteiger charge is 2.54. The zero-order chi connectivity index (χ0) is 46.4. The number of aryl methyl sites for hydroxylation is 1. The van der Waals surface area contributed by atoms with Gasteiger partial charge in [-0.25, -0.2) is 15.2 Å². The number of hydrazine groups is 1. The van der Waals surface area contributed by atoms with Gasteiger partial charge in [-0.2, -0.15) is 0 Å². The number of cyclic esters (lactones) is 1. The molecule has 2 unspecified atom stereocenters. The van der Waals surface area contributed by atoms with Gasteiger partial charge in [-0.15, -0.1) is 11.3 Å². The number of nitrogens with one attached hydrogen (secondary N) is 2. The number of thiazole rings is 1. The highest BCUT2D eigenvalue weighted by Crippen LogP contribution is 2.44. The van der Waals surface area contributed by atoms with Crippen molar-refractivity contribution in [2.45, 2.75) is 111 Å². The number of pyridine rings is 1. The minimum absolute atomic E-state index is 0.0822. The van der Waals surface area contributed by atoms with Crippen molar-refractivity contribution in [3.63, 3.8) is 0 Å². The molecular formula is C48H62N8O8S. The van der Waals surface area contributed by atoms with Crippen molar-refractivity contribution >= 4 is 52.0 Å². The molecule has 4 aromatic rings. The molecule has 3 aromatic heterocycles. The number of aromatic nitrogens is 3. The topological polar surface area (TPSA) is 178 Å². The molecule has 3 saturated heterocycles. The molecule has 8 rings (SSSR count). The van der Waals surface area contributed by atoms with Gasteiger partial charge in [-0.3, -0.25) is 29.2 Å². The number of hydrogen-bond acceptors (Lipinski definition) is 12. The molecule has 5 atom stereocenters. The van der Waals surface area contributed by atoms with E-state index in [4.69, 9.17) is 24.2 Å². The van der Waals surface area contributed by atoms with Crippen molar-refractivity contribution in [2.75, 3.05) is 47.0 Å². The van der Waals surface area contributed by atoms with Crippen LogP contribution in [0.2, 0.25) is 0 Å². The average Bonchev–Trinajstić information content (AvgIpc) is 4.10. The monoisotopic (exact) mass is 910 g/mol. The van der Waals surface area contributed by atoms with E-state index < -0.39 is 52.8 Å². The van der Waals surface area contributed by atoms with Gasteiger partial charge in [-0.05, 0) is 81.7 Å². The smallest absolute Gasteiger partial charge is 0.409 e. The van der Waals surface area contributed by atoms with Crippen LogP contribution in [0, 0.1) is 16.7 Å². The van der Waals surface area contributed by atoms with Crippen LogP contribution in [0.5, 0.6) is 0 Å². The molecule has 4 aliphatic heterocycles. The molecule has 0 saturated carbocycles. The summed E-state index contributed by atoms with van der Waals surface area (Å²) in [6.45, 7) is 14.2. The van der Waals surface area contributed by atoms with Gasteiger partial charge in [0, 0.05) is 85.3 Å². The second-order valence-corrected chi connectivity index (χ2v) is 20.1. The summed E-state index contributed by atoms with van der Waals surface area (Å²) >= 11 is 1.41. The molecule has 6 bridgehead atoms. The first-order valence-electron chi connectivity index (χ1n) is 22.8. The Morgan fingerprint density at radius 1 is 1.08 bits per heavy atom. The van der Waals surface area contributed by atoms with Gasteiger partial charge in [0.25, 0.3) is 5.91 Å². The van der Waals surface area contributed by atoms with Crippen molar-refractivity contribution < 1.29 is 38.2 Å². The van der Waals surface area contributed by atoms with Crippen molar-refractivity contribution in [1.29, 1.82) is 0 Å². The summed E-state index contributed by atoms with van der Waals surface area (Å²) in [5, 5.41) is 8.16. The van der Waals surface area contributed by atoms with Gasteiger partial charge >= 0.3 is 12.1 Å². The number of rotatable bonds is 8. The summed E-state index contributed by atoms with van der Waals surface area (Å²) in [6.07, 6.45) is 3.71. The standard InChI is InChI=1S/C48H62N8O8S/c1-9-54-37-15-14-30-22-32(37)33(41(54)31-12-10-18-49-39(31)29(4)62-7)24-47(5,6)27-64-44(59)34-13-11-19-56(52-34)43(58)35(23-38-50-36(30)25-65-38)51-42(57)40(28(2)3)55-21-17-48(45(55)60)16-20-53(26-48)46(61)63-8/h10,12,14-15,18,22,25,28-29,34-35,40,52H,9,11,13,16-17,19-21,23-24,26-27H2,1-8H3,(H,51,57)/t29-,34-,35-,40?,48?/m0/s1. The molecule has 1 spiro atoms. The van der Waals surface area contributed by atoms with E-state index in [0.29, 0.717) is 63.3 Å². The van der Waals surface area contributed by atoms with Crippen LogP contribution in [-0.2, 0) is 52.8 Å². The number of hydrogen-bond donors (Lipinski definition) is 2. The van der Waals surface area contributed by atoms with Gasteiger partial charge in [0.2, 0.25) is 11.8 Å². The molecule has 348 valence electrons. The van der Waals surface area contributed by atoms with Crippen LogP contribution in [0.15, 0.2) is 41.9 Å². The van der Waals surface area contributed by atoms with Gasteiger partial charge in [0.1, 0.15) is 18.1 Å². The second-order valence-electron chi connectivity index (χ2n) is 19.1. The number of amides is 4. The van der Waals surface area contributed by atoms with Gasteiger partial charge in [0.15, 0.2) is 0 Å². The third kappa shape index (κ3) is 8.86. The summed E-state index contributed by atoms with van der Waals surface area (Å²) < 4.78 is 19.2. The molecule has 4 aliphatic rings. The van der Waals surface area contributed by atoms with E-state index in [0.717, 1.165) is 44.7 Å². The normalized spacial score (nSPS) is 23.5. The number of ether oxygens (including phenoxy) is 3. The van der Waals surface area contributed by atoms with Crippen LogP contribution in [-0.4, -0.2) is 124 Å². The summed E-state index contributed by atoms with van der Waals surface area (Å²) in [4.78, 5) is 82.8. The first-order valence-corrected chi connectivity index (χ1v) is 23.7. The Kier molecular flexibility index (Phi) is 13.1. The average molecular weight is 911 g/mol. The number of fused-ring (bicyclic) bond motifs is 6. The fraction of sp³-hybridized carbons (Fsp3) is 0.562. The van der Waals surface area contributed by atoms with Crippen molar-refractivity contribution in [1.82, 2.24) is 40.1 Å². The molecule has 0 radical (unpaired) electrons. The summed E-state index contributed by atoms with van der Waals surface area (Å²) in [7, 11) is 3.01. The first-order chi connectivity index (χ1) is 31.1. The molecule has 7 heterocycles. The van der Waals surface area contributed by atoms with Crippen LogP contribution in [0.3, 0.4) is 0 Å². The summed E-state index contributed by atoms with van der Waals surface area (Å²) in [6, 6.07) is 7.68. The lowest BCUT2D eigenvalue weighted by Crippen LogP contribution is -2.62. The highest BCUT2D eigenvalue weighted by molar-refractivity contribution is 7.10. The Labute approximate surface area is 384 Å².